The average Bonchev–Trinajstić information content (AvgIpc) is 2.86. The summed E-state index contributed by atoms with van der Waals surface area (Å²) in [5, 5.41) is 2.66. The Hall–Kier alpha value is -3.41. The molecular formula is C25H29N3O6S2. The van der Waals surface area contributed by atoms with Crippen LogP contribution in [0.15, 0.2) is 88.7 Å². The Morgan fingerprint density at radius 2 is 1.36 bits per heavy atom. The second-order valence-corrected chi connectivity index (χ2v) is 12.1. The van der Waals surface area contributed by atoms with Gasteiger partial charge in [-0.05, 0) is 55.5 Å². The van der Waals surface area contributed by atoms with Crippen LogP contribution in [0.3, 0.4) is 0 Å². The molecule has 0 radical (unpaired) electrons. The third kappa shape index (κ3) is 6.62. The van der Waals surface area contributed by atoms with E-state index in [1.54, 1.807) is 42.5 Å². The highest BCUT2D eigenvalue weighted by atomic mass is 32.2. The summed E-state index contributed by atoms with van der Waals surface area (Å²) in [6.45, 7) is 1.70. The fourth-order valence-electron chi connectivity index (χ4n) is 3.21. The first-order chi connectivity index (χ1) is 17.0. The van der Waals surface area contributed by atoms with E-state index in [0.29, 0.717) is 11.4 Å². The van der Waals surface area contributed by atoms with E-state index in [4.69, 9.17) is 4.74 Å². The number of rotatable bonds is 11. The topological polar surface area (TPSA) is 113 Å². The van der Waals surface area contributed by atoms with Gasteiger partial charge in [-0.2, -0.15) is 0 Å². The van der Waals surface area contributed by atoms with Crippen molar-refractivity contribution in [3.63, 3.8) is 0 Å². The molecule has 0 unspecified atom stereocenters. The van der Waals surface area contributed by atoms with Crippen molar-refractivity contribution < 1.29 is 26.4 Å². The number of ether oxygens (including phenoxy) is 1. The summed E-state index contributed by atoms with van der Waals surface area (Å²) < 4.78 is 58.6. The van der Waals surface area contributed by atoms with Gasteiger partial charge in [0.15, 0.2) is 0 Å². The lowest BCUT2D eigenvalue weighted by molar-refractivity contribution is -0.119. The standard InChI is InChI=1S/C25H29N3O6S2/c1-20-9-13-24(14-10-20)36(32,33)28(21-7-5-4-6-8-21)19-25(29)26-17-18-34-22-11-15-23(16-12-22)35(30,31)27(2)3/h4-16H,17-19H2,1-3H3,(H,26,29). The van der Waals surface area contributed by atoms with Crippen molar-refractivity contribution in [2.75, 3.05) is 38.1 Å². The molecule has 11 heteroatoms. The Kier molecular flexibility index (Phi) is 8.72. The summed E-state index contributed by atoms with van der Waals surface area (Å²) in [6.07, 6.45) is 0. The lowest BCUT2D eigenvalue weighted by atomic mass is 10.2. The molecule has 0 saturated carbocycles. The Morgan fingerprint density at radius 1 is 0.806 bits per heavy atom. The van der Waals surface area contributed by atoms with Gasteiger partial charge >= 0.3 is 0 Å². The van der Waals surface area contributed by atoms with E-state index >= 15 is 0 Å². The lowest BCUT2D eigenvalue weighted by Gasteiger charge is -2.24. The van der Waals surface area contributed by atoms with Gasteiger partial charge in [0.05, 0.1) is 22.0 Å². The van der Waals surface area contributed by atoms with Gasteiger partial charge in [-0.1, -0.05) is 35.9 Å². The van der Waals surface area contributed by atoms with E-state index in [9.17, 15) is 21.6 Å². The minimum Gasteiger partial charge on any atom is -0.492 e. The minimum atomic E-state index is -3.97. The maximum absolute atomic E-state index is 13.3. The summed E-state index contributed by atoms with van der Waals surface area (Å²) >= 11 is 0. The van der Waals surface area contributed by atoms with Crippen molar-refractivity contribution in [2.45, 2.75) is 16.7 Å². The highest BCUT2D eigenvalue weighted by Gasteiger charge is 2.27. The number of nitrogens with zero attached hydrogens (tertiary/aromatic N) is 2. The summed E-state index contributed by atoms with van der Waals surface area (Å²) in [4.78, 5) is 12.9. The summed E-state index contributed by atoms with van der Waals surface area (Å²) in [5.41, 5.74) is 1.30. The smallest absolute Gasteiger partial charge is 0.264 e. The van der Waals surface area contributed by atoms with Crippen molar-refractivity contribution in [2.24, 2.45) is 0 Å². The fourth-order valence-corrected chi connectivity index (χ4v) is 5.53. The molecule has 0 aromatic heterocycles. The van der Waals surface area contributed by atoms with Gasteiger partial charge in [0.25, 0.3) is 10.0 Å². The first-order valence-corrected chi connectivity index (χ1v) is 14.0. The Morgan fingerprint density at radius 3 is 1.94 bits per heavy atom. The molecule has 3 aromatic rings. The Balaban J connectivity index is 1.61. The van der Waals surface area contributed by atoms with Crippen LogP contribution in [0.5, 0.6) is 5.75 Å². The Bertz CT molecular complexity index is 1370. The van der Waals surface area contributed by atoms with Crippen LogP contribution in [0.25, 0.3) is 0 Å². The predicted octanol–water partition coefficient (Wildman–Crippen LogP) is 2.64. The van der Waals surface area contributed by atoms with Crippen LogP contribution in [0, 0.1) is 6.92 Å². The third-order valence-corrected chi connectivity index (χ3v) is 8.85. The number of aryl methyl sites for hydroxylation is 1. The van der Waals surface area contributed by atoms with Gasteiger partial charge in [0.1, 0.15) is 18.9 Å². The normalized spacial score (nSPS) is 11.8. The van der Waals surface area contributed by atoms with Crippen LogP contribution >= 0.6 is 0 Å². The number of benzene rings is 3. The first kappa shape index (κ1) is 27.2. The molecule has 0 aliphatic rings. The van der Waals surface area contributed by atoms with Crippen LogP contribution < -0.4 is 14.4 Å². The molecule has 0 spiro atoms. The van der Waals surface area contributed by atoms with Gasteiger partial charge < -0.3 is 10.1 Å². The zero-order chi connectivity index (χ0) is 26.3. The zero-order valence-electron chi connectivity index (χ0n) is 20.3. The second kappa shape index (κ2) is 11.5. The molecule has 0 aliphatic heterocycles. The minimum absolute atomic E-state index is 0.0906. The van der Waals surface area contributed by atoms with E-state index in [2.05, 4.69) is 5.32 Å². The molecule has 0 atom stereocenters. The molecule has 0 fully saturated rings. The van der Waals surface area contributed by atoms with Gasteiger partial charge in [-0.15, -0.1) is 0 Å². The number of nitrogens with one attached hydrogen (secondary N) is 1. The molecule has 0 saturated heterocycles. The molecule has 36 heavy (non-hydrogen) atoms. The van der Waals surface area contributed by atoms with Crippen molar-refractivity contribution in [3.8, 4) is 5.75 Å². The van der Waals surface area contributed by atoms with Crippen LogP contribution in [-0.4, -0.2) is 60.8 Å². The lowest BCUT2D eigenvalue weighted by Crippen LogP contribution is -2.41. The van der Waals surface area contributed by atoms with Gasteiger partial charge in [-0.25, -0.2) is 21.1 Å². The summed E-state index contributed by atoms with van der Waals surface area (Å²) in [7, 11) is -4.60. The van der Waals surface area contributed by atoms with Gasteiger partial charge in [-0.3, -0.25) is 9.10 Å². The van der Waals surface area contributed by atoms with E-state index in [0.717, 1.165) is 14.2 Å². The largest absolute Gasteiger partial charge is 0.492 e. The number of carbonyl (C=O) groups is 1. The first-order valence-electron chi connectivity index (χ1n) is 11.1. The van der Waals surface area contributed by atoms with E-state index in [1.165, 1.54) is 50.5 Å². The van der Waals surface area contributed by atoms with Gasteiger partial charge in [0, 0.05) is 14.1 Å². The highest BCUT2D eigenvalue weighted by molar-refractivity contribution is 7.92. The molecule has 3 rings (SSSR count). The number of anilines is 1. The molecule has 0 bridgehead atoms. The predicted molar refractivity (Wildman–Crippen MR) is 138 cm³/mol. The van der Waals surface area contributed by atoms with Crippen LogP contribution in [0.2, 0.25) is 0 Å². The summed E-state index contributed by atoms with van der Waals surface area (Å²) in [6, 6.07) is 20.8. The molecule has 0 heterocycles. The van der Waals surface area contributed by atoms with Crippen molar-refractivity contribution >= 4 is 31.6 Å². The SMILES string of the molecule is Cc1ccc(S(=O)(=O)N(CC(=O)NCCOc2ccc(S(=O)(=O)N(C)C)cc2)c2ccccc2)cc1. The number of amides is 1. The third-order valence-electron chi connectivity index (χ3n) is 5.24. The monoisotopic (exact) mass is 531 g/mol. The number of hydrogen-bond acceptors (Lipinski definition) is 6. The quantitative estimate of drug-likeness (QED) is 0.381. The van der Waals surface area contributed by atoms with Crippen LogP contribution in [-0.2, 0) is 24.8 Å². The number of sulfonamides is 2. The second-order valence-electron chi connectivity index (χ2n) is 8.12. The molecule has 9 nitrogen and oxygen atoms in total. The van der Waals surface area contributed by atoms with Crippen molar-refractivity contribution in [1.82, 2.24) is 9.62 Å². The number of para-hydroxylation sites is 1. The number of carbonyl (C=O) groups excluding carboxylic acids is 1. The zero-order valence-corrected chi connectivity index (χ0v) is 21.9. The summed E-state index contributed by atoms with van der Waals surface area (Å²) in [5.74, 6) is -0.0552. The average molecular weight is 532 g/mol. The van der Waals surface area contributed by atoms with E-state index < -0.39 is 32.5 Å². The molecule has 1 N–H and O–H groups in total. The molecular weight excluding hydrogens is 502 g/mol. The van der Waals surface area contributed by atoms with Crippen LogP contribution in [0.4, 0.5) is 5.69 Å². The molecule has 1 amide bonds. The molecule has 3 aromatic carbocycles. The Labute approximate surface area is 212 Å². The molecule has 0 aliphatic carbocycles. The van der Waals surface area contributed by atoms with Crippen molar-refractivity contribution in [1.29, 1.82) is 0 Å². The maximum atomic E-state index is 13.3. The van der Waals surface area contributed by atoms with E-state index in [1.807, 2.05) is 6.92 Å². The van der Waals surface area contributed by atoms with E-state index in [-0.39, 0.29) is 22.9 Å². The number of hydrogen-bond donors (Lipinski definition) is 1. The van der Waals surface area contributed by atoms with Crippen LogP contribution in [0.1, 0.15) is 5.56 Å². The van der Waals surface area contributed by atoms with Crippen molar-refractivity contribution in [3.05, 3.63) is 84.4 Å². The maximum Gasteiger partial charge on any atom is 0.264 e. The fraction of sp³-hybridized carbons (Fsp3) is 0.240. The molecule has 192 valence electrons. The highest BCUT2D eigenvalue weighted by Crippen LogP contribution is 2.23. The van der Waals surface area contributed by atoms with Gasteiger partial charge in [0.2, 0.25) is 15.9 Å².